The number of nitrogens with zero attached hydrogens (tertiary/aromatic N) is 1. The van der Waals surface area contributed by atoms with E-state index in [1.807, 2.05) is 109 Å². The highest BCUT2D eigenvalue weighted by Crippen LogP contribution is 2.28. The van der Waals surface area contributed by atoms with Crippen LogP contribution in [0.1, 0.15) is 33.2 Å². The van der Waals surface area contributed by atoms with Crippen LogP contribution in [-0.2, 0) is 29.1 Å². The van der Waals surface area contributed by atoms with Crippen molar-refractivity contribution in [2.45, 2.75) is 32.5 Å². The van der Waals surface area contributed by atoms with Gasteiger partial charge >= 0.3 is 0 Å². The third kappa shape index (κ3) is 6.00. The molecule has 1 N–H and O–H groups in total. The van der Waals surface area contributed by atoms with Crippen molar-refractivity contribution in [2.24, 2.45) is 0 Å². The van der Waals surface area contributed by atoms with E-state index < -0.39 is 6.04 Å². The summed E-state index contributed by atoms with van der Waals surface area (Å²) in [5.41, 5.74) is 3.81. The second kappa shape index (κ2) is 11.4. The zero-order chi connectivity index (χ0) is 23.8. The van der Waals surface area contributed by atoms with E-state index in [4.69, 9.17) is 0 Å². The number of thiophene rings is 1. The molecular formula is C29H28N2O2S. The number of carbonyl (C=O) groups is 2. The topological polar surface area (TPSA) is 49.4 Å². The van der Waals surface area contributed by atoms with Crippen LogP contribution in [0.25, 0.3) is 0 Å². The Morgan fingerprint density at radius 1 is 0.824 bits per heavy atom. The molecule has 0 fully saturated rings. The molecule has 1 atom stereocenters. The van der Waals surface area contributed by atoms with Gasteiger partial charge in [0.1, 0.15) is 6.04 Å². The molecule has 0 aliphatic heterocycles. The lowest BCUT2D eigenvalue weighted by molar-refractivity contribution is -0.141. The number of amides is 2. The molecule has 5 heteroatoms. The number of aryl methyl sites for hydroxylation is 1. The lowest BCUT2D eigenvalue weighted by Gasteiger charge is -2.32. The molecule has 0 bridgehead atoms. The van der Waals surface area contributed by atoms with Crippen molar-refractivity contribution in [3.63, 3.8) is 0 Å². The molecule has 0 radical (unpaired) electrons. The maximum Gasteiger partial charge on any atom is 0.247 e. The van der Waals surface area contributed by atoms with Crippen LogP contribution in [0.15, 0.2) is 102 Å². The molecule has 4 rings (SSSR count). The van der Waals surface area contributed by atoms with E-state index in [0.29, 0.717) is 13.1 Å². The van der Waals surface area contributed by atoms with Gasteiger partial charge in [-0.1, -0.05) is 91.0 Å². The van der Waals surface area contributed by atoms with Gasteiger partial charge in [-0.2, -0.15) is 0 Å². The van der Waals surface area contributed by atoms with Gasteiger partial charge in [0.05, 0.1) is 6.42 Å². The van der Waals surface area contributed by atoms with Crippen LogP contribution in [0.4, 0.5) is 0 Å². The van der Waals surface area contributed by atoms with Crippen molar-refractivity contribution in [2.75, 3.05) is 0 Å². The van der Waals surface area contributed by atoms with Gasteiger partial charge < -0.3 is 10.2 Å². The summed E-state index contributed by atoms with van der Waals surface area (Å²) >= 11 is 1.55. The average Bonchev–Trinajstić information content (AvgIpc) is 3.38. The van der Waals surface area contributed by atoms with E-state index in [-0.39, 0.29) is 18.2 Å². The average molecular weight is 469 g/mol. The van der Waals surface area contributed by atoms with Crippen LogP contribution in [-0.4, -0.2) is 16.7 Å². The summed E-state index contributed by atoms with van der Waals surface area (Å²) in [7, 11) is 0. The van der Waals surface area contributed by atoms with Gasteiger partial charge in [0.2, 0.25) is 11.8 Å². The minimum atomic E-state index is -0.738. The van der Waals surface area contributed by atoms with E-state index in [0.717, 1.165) is 27.1 Å². The van der Waals surface area contributed by atoms with E-state index in [1.54, 1.807) is 16.2 Å². The first-order chi connectivity index (χ1) is 16.6. The van der Waals surface area contributed by atoms with Crippen LogP contribution in [0.5, 0.6) is 0 Å². The summed E-state index contributed by atoms with van der Waals surface area (Å²) in [4.78, 5) is 30.1. The first kappa shape index (κ1) is 23.5. The fourth-order valence-electron chi connectivity index (χ4n) is 3.99. The first-order valence-corrected chi connectivity index (χ1v) is 12.2. The van der Waals surface area contributed by atoms with Gasteiger partial charge in [-0.25, -0.2) is 0 Å². The molecular weight excluding hydrogens is 440 g/mol. The SMILES string of the molecule is Cc1ccccc1C(C(=O)NCc1ccccc1)N(Cc1ccccc1)C(=O)Cc1cccs1. The Morgan fingerprint density at radius 2 is 1.47 bits per heavy atom. The molecule has 0 aliphatic carbocycles. The molecule has 0 saturated heterocycles. The van der Waals surface area contributed by atoms with Gasteiger partial charge in [0.25, 0.3) is 0 Å². The number of carbonyl (C=O) groups excluding carboxylic acids is 2. The fraction of sp³-hybridized carbons (Fsp3) is 0.172. The highest BCUT2D eigenvalue weighted by atomic mass is 32.1. The Bertz CT molecular complexity index is 1210. The number of benzene rings is 3. The molecule has 4 nitrogen and oxygen atoms in total. The van der Waals surface area contributed by atoms with Gasteiger partial charge in [-0.05, 0) is 40.6 Å². The third-order valence-corrected chi connectivity index (χ3v) is 6.65. The van der Waals surface area contributed by atoms with Crippen LogP contribution in [0.3, 0.4) is 0 Å². The van der Waals surface area contributed by atoms with Crippen LogP contribution in [0.2, 0.25) is 0 Å². The zero-order valence-corrected chi connectivity index (χ0v) is 20.0. The molecule has 3 aromatic carbocycles. The smallest absolute Gasteiger partial charge is 0.247 e. The van der Waals surface area contributed by atoms with E-state index in [1.165, 1.54) is 0 Å². The minimum Gasteiger partial charge on any atom is -0.350 e. The summed E-state index contributed by atoms with van der Waals surface area (Å²) < 4.78 is 0. The molecule has 0 saturated carbocycles. The van der Waals surface area contributed by atoms with Crippen molar-refractivity contribution in [1.82, 2.24) is 10.2 Å². The number of nitrogens with one attached hydrogen (secondary N) is 1. The van der Waals surface area contributed by atoms with Crippen molar-refractivity contribution in [3.8, 4) is 0 Å². The molecule has 1 heterocycles. The second-order valence-corrected chi connectivity index (χ2v) is 9.26. The van der Waals surface area contributed by atoms with E-state index in [2.05, 4.69) is 5.32 Å². The predicted molar refractivity (Wildman–Crippen MR) is 137 cm³/mol. The van der Waals surface area contributed by atoms with E-state index in [9.17, 15) is 9.59 Å². The largest absolute Gasteiger partial charge is 0.350 e. The summed E-state index contributed by atoms with van der Waals surface area (Å²) in [5.74, 6) is -0.261. The standard InChI is InChI=1S/C29H28N2O2S/c1-22-11-8-9-17-26(22)28(29(33)30-20-23-12-4-2-5-13-23)31(21-24-14-6-3-7-15-24)27(32)19-25-16-10-18-34-25/h2-18,28H,19-21H2,1H3,(H,30,33). The molecule has 1 unspecified atom stereocenters. The summed E-state index contributed by atoms with van der Waals surface area (Å²) in [5, 5.41) is 5.04. The van der Waals surface area contributed by atoms with Gasteiger partial charge in [0.15, 0.2) is 0 Å². The second-order valence-electron chi connectivity index (χ2n) is 8.23. The monoisotopic (exact) mass is 468 g/mol. The van der Waals surface area contributed by atoms with Crippen molar-refractivity contribution < 1.29 is 9.59 Å². The molecule has 2 amide bonds. The maximum atomic E-state index is 13.7. The number of hydrogen-bond acceptors (Lipinski definition) is 3. The molecule has 0 aliphatic rings. The molecule has 0 spiro atoms. The maximum absolute atomic E-state index is 13.7. The van der Waals surface area contributed by atoms with Crippen LogP contribution >= 0.6 is 11.3 Å². The number of rotatable bonds is 9. The third-order valence-electron chi connectivity index (χ3n) is 5.77. The Labute approximate surface area is 204 Å². The van der Waals surface area contributed by atoms with Gasteiger partial charge in [0, 0.05) is 18.0 Å². The Kier molecular flexibility index (Phi) is 7.89. The van der Waals surface area contributed by atoms with Crippen LogP contribution in [0, 0.1) is 6.92 Å². The van der Waals surface area contributed by atoms with E-state index >= 15 is 0 Å². The highest BCUT2D eigenvalue weighted by molar-refractivity contribution is 7.10. The van der Waals surface area contributed by atoms with Gasteiger partial charge in [-0.15, -0.1) is 11.3 Å². The molecule has 34 heavy (non-hydrogen) atoms. The Balaban J connectivity index is 1.69. The molecule has 4 aromatic rings. The first-order valence-electron chi connectivity index (χ1n) is 11.3. The normalized spacial score (nSPS) is 11.6. The van der Waals surface area contributed by atoms with Crippen molar-refractivity contribution in [1.29, 1.82) is 0 Å². The Hall–Kier alpha value is -3.70. The Morgan fingerprint density at radius 3 is 2.12 bits per heavy atom. The van der Waals surface area contributed by atoms with Crippen molar-refractivity contribution in [3.05, 3.63) is 130 Å². The zero-order valence-electron chi connectivity index (χ0n) is 19.2. The summed E-state index contributed by atoms with van der Waals surface area (Å²) in [6, 6.07) is 30.6. The highest BCUT2D eigenvalue weighted by Gasteiger charge is 2.32. The lowest BCUT2D eigenvalue weighted by atomic mass is 9.97. The molecule has 1 aromatic heterocycles. The number of hydrogen-bond donors (Lipinski definition) is 1. The quantitative estimate of drug-likeness (QED) is 0.343. The summed E-state index contributed by atoms with van der Waals surface area (Å²) in [6.07, 6.45) is 0.263. The predicted octanol–water partition coefficient (Wildman–Crippen LogP) is 5.69. The van der Waals surface area contributed by atoms with Gasteiger partial charge in [-0.3, -0.25) is 9.59 Å². The minimum absolute atomic E-state index is 0.0746. The van der Waals surface area contributed by atoms with Crippen LogP contribution < -0.4 is 5.32 Å². The molecule has 172 valence electrons. The fourth-order valence-corrected chi connectivity index (χ4v) is 4.69. The summed E-state index contributed by atoms with van der Waals surface area (Å²) in [6.45, 7) is 2.74. The van der Waals surface area contributed by atoms with Crippen molar-refractivity contribution >= 4 is 23.2 Å². The lowest BCUT2D eigenvalue weighted by Crippen LogP contribution is -2.44.